The van der Waals surface area contributed by atoms with E-state index in [-0.39, 0.29) is 0 Å². The average molecular weight is 925 g/mol. The summed E-state index contributed by atoms with van der Waals surface area (Å²) in [6, 6.07) is 80.1. The van der Waals surface area contributed by atoms with Gasteiger partial charge in [0.25, 0.3) is 0 Å². The molecule has 6 heteroatoms. The Morgan fingerprint density at radius 3 is 0.931 bits per heavy atom. The molecule has 0 bridgehead atoms. The van der Waals surface area contributed by atoms with Crippen LogP contribution in [0.2, 0.25) is 0 Å². The average Bonchev–Trinajstić information content (AvgIpc) is 3.46. The lowest BCUT2D eigenvalue weighted by Crippen LogP contribution is -2.32. The van der Waals surface area contributed by atoms with Gasteiger partial charge in [0.05, 0.1) is 28.5 Å². The molecule has 0 atom stereocenters. The Hall–Kier alpha value is -9.44. The SMILES string of the molecule is N#Cc1c(N2C(c3ccccc3)=CCc3ccccc32)nc(N2C(c3ccccc3)=CCc3ccccc32)c(N2C(c3ccccc3)=CCc3ccccc32)c1N1C(c2ccccc2)=CCc2ccccc21. The fourth-order valence-corrected chi connectivity index (χ4v) is 11.1. The van der Waals surface area contributed by atoms with Gasteiger partial charge in [0.15, 0.2) is 11.6 Å². The Kier molecular flexibility index (Phi) is 10.7. The Bertz CT molecular complexity index is 3720. The van der Waals surface area contributed by atoms with Crippen molar-refractivity contribution < 1.29 is 0 Å². The van der Waals surface area contributed by atoms with Gasteiger partial charge in [-0.3, -0.25) is 9.80 Å². The van der Waals surface area contributed by atoms with Gasteiger partial charge in [0, 0.05) is 22.8 Å². The molecule has 0 saturated heterocycles. The van der Waals surface area contributed by atoms with Crippen molar-refractivity contribution in [3.8, 4) is 6.07 Å². The van der Waals surface area contributed by atoms with E-state index in [9.17, 15) is 5.26 Å². The number of nitrogens with zero attached hydrogens (tertiary/aromatic N) is 6. The van der Waals surface area contributed by atoms with Gasteiger partial charge in [0.2, 0.25) is 0 Å². The van der Waals surface area contributed by atoms with Crippen molar-refractivity contribution in [3.05, 3.63) is 293 Å². The topological polar surface area (TPSA) is 49.6 Å². The van der Waals surface area contributed by atoms with Gasteiger partial charge in [-0.1, -0.05) is 218 Å². The van der Waals surface area contributed by atoms with E-state index in [1.165, 1.54) is 11.1 Å². The highest BCUT2D eigenvalue weighted by atomic mass is 15.3. The molecule has 0 spiro atoms. The highest BCUT2D eigenvalue weighted by Gasteiger charge is 2.41. The summed E-state index contributed by atoms with van der Waals surface area (Å²) in [7, 11) is 0. The van der Waals surface area contributed by atoms with Gasteiger partial charge in [-0.2, -0.15) is 5.26 Å². The van der Waals surface area contributed by atoms with Crippen LogP contribution in [0.4, 0.5) is 45.8 Å². The molecule has 0 N–H and O–H groups in total. The molecular weight excluding hydrogens is 877 g/mol. The fourth-order valence-electron chi connectivity index (χ4n) is 11.1. The predicted octanol–water partition coefficient (Wildman–Crippen LogP) is 15.9. The van der Waals surface area contributed by atoms with Gasteiger partial charge < -0.3 is 9.80 Å². The zero-order valence-corrected chi connectivity index (χ0v) is 39.6. The molecule has 5 heterocycles. The van der Waals surface area contributed by atoms with Crippen molar-refractivity contribution >= 4 is 68.5 Å². The summed E-state index contributed by atoms with van der Waals surface area (Å²) < 4.78 is 0. The molecule has 0 amide bonds. The highest BCUT2D eigenvalue weighted by Crippen LogP contribution is 2.59. The predicted molar refractivity (Wildman–Crippen MR) is 296 cm³/mol. The molecule has 8 aromatic carbocycles. The second-order valence-corrected chi connectivity index (χ2v) is 18.4. The van der Waals surface area contributed by atoms with Crippen LogP contribution in [0.15, 0.2) is 243 Å². The van der Waals surface area contributed by atoms with E-state index in [1.807, 2.05) is 0 Å². The number of benzene rings is 8. The Balaban J connectivity index is 1.25. The molecule has 6 nitrogen and oxygen atoms in total. The summed E-state index contributed by atoms with van der Waals surface area (Å²) >= 11 is 0. The number of hydrogen-bond acceptors (Lipinski definition) is 6. The Labute approximate surface area is 421 Å². The normalized spacial score (nSPS) is 14.7. The minimum Gasteiger partial charge on any atom is -0.306 e. The quantitative estimate of drug-likeness (QED) is 0.151. The van der Waals surface area contributed by atoms with E-state index in [4.69, 9.17) is 4.98 Å². The molecular formula is C66H48N6. The molecule has 72 heavy (non-hydrogen) atoms. The van der Waals surface area contributed by atoms with Crippen molar-refractivity contribution in [2.24, 2.45) is 0 Å². The van der Waals surface area contributed by atoms with Crippen LogP contribution in [0.25, 0.3) is 22.8 Å². The lowest BCUT2D eigenvalue weighted by atomic mass is 9.93. The standard InChI is InChI=1S/C66H48N6/c67-45-54-63(69-55-33-17-13-29-50(55)37-41-59(69)46-21-5-1-6-22-46)64(70-56-34-18-14-30-51(56)38-42-60(70)47-23-7-2-8-24-47)66(72-58-36-20-16-32-53(58)40-44-62(72)49-27-11-4-12-28-49)68-65(54)71-57-35-19-15-31-52(57)39-43-61(71)48-25-9-3-10-26-48/h1-36,41-44H,37-40H2. The van der Waals surface area contributed by atoms with E-state index in [0.29, 0.717) is 17.2 Å². The number of aromatic nitrogens is 1. The first-order valence-corrected chi connectivity index (χ1v) is 24.8. The van der Waals surface area contributed by atoms with E-state index >= 15 is 0 Å². The molecule has 0 aliphatic carbocycles. The summed E-state index contributed by atoms with van der Waals surface area (Å²) in [5.74, 6) is 1.22. The Morgan fingerprint density at radius 2 is 0.583 bits per heavy atom. The maximum atomic E-state index is 12.5. The first-order chi connectivity index (χ1) is 35.7. The van der Waals surface area contributed by atoms with Crippen LogP contribution >= 0.6 is 0 Å². The molecule has 0 saturated carbocycles. The number of rotatable bonds is 8. The van der Waals surface area contributed by atoms with Gasteiger partial charge in [0.1, 0.15) is 17.3 Å². The molecule has 13 rings (SSSR count). The summed E-state index contributed by atoms with van der Waals surface area (Å²) in [5, 5.41) is 12.5. The molecule has 0 unspecified atom stereocenters. The van der Waals surface area contributed by atoms with E-state index in [1.54, 1.807) is 0 Å². The van der Waals surface area contributed by atoms with Crippen molar-refractivity contribution in [3.63, 3.8) is 0 Å². The minimum atomic E-state index is 0.441. The van der Waals surface area contributed by atoms with Crippen LogP contribution in [0.5, 0.6) is 0 Å². The van der Waals surface area contributed by atoms with Crippen LogP contribution in [-0.2, 0) is 25.7 Å². The highest BCUT2D eigenvalue weighted by molar-refractivity contribution is 6.11. The molecule has 1 aromatic heterocycles. The molecule has 4 aliphatic heterocycles. The van der Waals surface area contributed by atoms with Crippen molar-refractivity contribution in [1.29, 1.82) is 5.26 Å². The summed E-state index contributed by atoms with van der Waals surface area (Å²) in [6.45, 7) is 0. The molecule has 0 radical (unpaired) electrons. The van der Waals surface area contributed by atoms with E-state index in [2.05, 4.69) is 268 Å². The number of nitriles is 1. The summed E-state index contributed by atoms with van der Waals surface area (Å²) in [6.07, 6.45) is 12.2. The van der Waals surface area contributed by atoms with Gasteiger partial charge in [-0.15, -0.1) is 0 Å². The number of allylic oxidation sites excluding steroid dienone is 4. The summed E-state index contributed by atoms with van der Waals surface area (Å²) in [5.41, 5.74) is 18.8. The third kappa shape index (κ3) is 7.21. The maximum absolute atomic E-state index is 12.5. The van der Waals surface area contributed by atoms with Crippen LogP contribution in [-0.4, -0.2) is 4.98 Å². The monoisotopic (exact) mass is 924 g/mol. The maximum Gasteiger partial charge on any atom is 0.166 e. The second-order valence-electron chi connectivity index (χ2n) is 18.4. The Morgan fingerprint density at radius 1 is 0.306 bits per heavy atom. The zero-order chi connectivity index (χ0) is 48.0. The smallest absolute Gasteiger partial charge is 0.166 e. The molecule has 0 fully saturated rings. The first kappa shape index (κ1) is 42.6. The van der Waals surface area contributed by atoms with Crippen LogP contribution < -0.4 is 19.6 Å². The van der Waals surface area contributed by atoms with Crippen molar-refractivity contribution in [2.45, 2.75) is 25.7 Å². The van der Waals surface area contributed by atoms with Gasteiger partial charge >= 0.3 is 0 Å². The second kappa shape index (κ2) is 18.1. The molecule has 9 aromatic rings. The van der Waals surface area contributed by atoms with Crippen molar-refractivity contribution in [2.75, 3.05) is 19.6 Å². The number of hydrogen-bond donors (Lipinski definition) is 0. The number of pyridine rings is 1. The molecule has 4 aliphatic rings. The molecule has 342 valence electrons. The van der Waals surface area contributed by atoms with Crippen LogP contribution in [0.1, 0.15) is 50.1 Å². The summed E-state index contributed by atoms with van der Waals surface area (Å²) in [4.78, 5) is 15.6. The van der Waals surface area contributed by atoms with Crippen LogP contribution in [0, 0.1) is 11.3 Å². The van der Waals surface area contributed by atoms with E-state index in [0.717, 1.165) is 116 Å². The van der Waals surface area contributed by atoms with Gasteiger partial charge in [-0.05, 0) is 94.5 Å². The van der Waals surface area contributed by atoms with E-state index < -0.39 is 0 Å². The minimum absolute atomic E-state index is 0.441. The number of fused-ring (bicyclic) bond motifs is 4. The number of anilines is 8. The largest absolute Gasteiger partial charge is 0.306 e. The third-order valence-electron chi connectivity index (χ3n) is 14.3. The van der Waals surface area contributed by atoms with Crippen LogP contribution in [0.3, 0.4) is 0 Å². The fraction of sp³-hybridized carbons (Fsp3) is 0.0606. The lowest BCUT2D eigenvalue weighted by Gasteiger charge is -2.43. The van der Waals surface area contributed by atoms with Gasteiger partial charge in [-0.25, -0.2) is 4.98 Å². The van der Waals surface area contributed by atoms with Crippen molar-refractivity contribution in [1.82, 2.24) is 4.98 Å². The first-order valence-electron chi connectivity index (χ1n) is 24.8. The number of para-hydroxylation sites is 4. The zero-order valence-electron chi connectivity index (χ0n) is 39.6. The third-order valence-corrected chi connectivity index (χ3v) is 14.3. The lowest BCUT2D eigenvalue weighted by molar-refractivity contribution is 1.04.